The molecule has 0 spiro atoms. The van der Waals surface area contributed by atoms with Crippen LogP contribution >= 0.6 is 0 Å². The summed E-state index contributed by atoms with van der Waals surface area (Å²) >= 11 is 0. The van der Waals surface area contributed by atoms with Crippen LogP contribution in [-0.4, -0.2) is 17.0 Å². The van der Waals surface area contributed by atoms with Crippen molar-refractivity contribution in [2.45, 2.75) is 19.8 Å². The maximum atomic E-state index is 6.32. The van der Waals surface area contributed by atoms with Crippen molar-refractivity contribution in [3.8, 4) is 0 Å². The number of hydrogen-bond acceptors (Lipinski definition) is 5. The van der Waals surface area contributed by atoms with Crippen molar-refractivity contribution in [3.63, 3.8) is 0 Å². The van der Waals surface area contributed by atoms with Crippen molar-refractivity contribution in [1.29, 1.82) is 0 Å². The van der Waals surface area contributed by atoms with Gasteiger partial charge in [-0.25, -0.2) is 9.97 Å². The van der Waals surface area contributed by atoms with E-state index in [4.69, 9.17) is 5.73 Å². The number of benzene rings is 2. The van der Waals surface area contributed by atoms with Crippen molar-refractivity contribution in [2.24, 2.45) is 0 Å². The lowest BCUT2D eigenvalue weighted by Gasteiger charge is -2.21. The Kier molecular flexibility index (Phi) is 4.84. The van der Waals surface area contributed by atoms with Gasteiger partial charge in [-0.3, -0.25) is 0 Å². The predicted octanol–water partition coefficient (Wildman–Crippen LogP) is 4.69. The summed E-state index contributed by atoms with van der Waals surface area (Å²) in [4.78, 5) is 10.6. The lowest BCUT2D eigenvalue weighted by Crippen LogP contribution is -2.15. The molecule has 0 saturated carbocycles. The van der Waals surface area contributed by atoms with Gasteiger partial charge in [-0.1, -0.05) is 44.2 Å². The summed E-state index contributed by atoms with van der Waals surface area (Å²) in [6.07, 6.45) is 1.52. The highest BCUT2D eigenvalue weighted by Crippen LogP contribution is 2.31. The summed E-state index contributed by atoms with van der Waals surface area (Å²) in [6.45, 7) is 4.35. The molecule has 0 bridgehead atoms. The normalized spacial score (nSPS) is 10.7. The number of rotatable bonds is 5. The van der Waals surface area contributed by atoms with E-state index in [1.54, 1.807) is 0 Å². The molecule has 0 atom stereocenters. The largest absolute Gasteiger partial charge is 0.393 e. The zero-order chi connectivity index (χ0) is 17.8. The van der Waals surface area contributed by atoms with Crippen molar-refractivity contribution >= 4 is 28.7 Å². The summed E-state index contributed by atoms with van der Waals surface area (Å²) < 4.78 is 0. The van der Waals surface area contributed by atoms with Crippen molar-refractivity contribution < 1.29 is 0 Å². The van der Waals surface area contributed by atoms with Gasteiger partial charge in [-0.15, -0.1) is 0 Å². The fraction of sp³-hybridized carbons (Fsp3) is 0.200. The summed E-state index contributed by atoms with van der Waals surface area (Å²) in [6, 6.07) is 18.3. The highest BCUT2D eigenvalue weighted by atomic mass is 15.2. The van der Waals surface area contributed by atoms with Gasteiger partial charge in [0.2, 0.25) is 0 Å². The van der Waals surface area contributed by atoms with Gasteiger partial charge in [-0.05, 0) is 35.7 Å². The van der Waals surface area contributed by atoms with E-state index in [9.17, 15) is 0 Å². The molecular formula is C20H23N5. The van der Waals surface area contributed by atoms with Crippen LogP contribution in [0, 0.1) is 0 Å². The number of aromatic nitrogens is 2. The molecule has 5 nitrogen and oxygen atoms in total. The summed E-state index contributed by atoms with van der Waals surface area (Å²) in [5.74, 6) is 1.77. The zero-order valence-corrected chi connectivity index (χ0v) is 14.8. The van der Waals surface area contributed by atoms with E-state index in [1.165, 1.54) is 11.9 Å². The Morgan fingerprint density at radius 2 is 1.64 bits per heavy atom. The highest BCUT2D eigenvalue weighted by molar-refractivity contribution is 5.81. The number of nitrogens with one attached hydrogen (secondary N) is 1. The van der Waals surface area contributed by atoms with Crippen LogP contribution in [0.2, 0.25) is 0 Å². The molecule has 0 aliphatic rings. The molecule has 0 amide bonds. The number of para-hydroxylation sites is 1. The fourth-order valence-corrected chi connectivity index (χ4v) is 2.62. The van der Waals surface area contributed by atoms with Crippen molar-refractivity contribution in [2.75, 3.05) is 23.0 Å². The smallest absolute Gasteiger partial charge is 0.161 e. The summed E-state index contributed by atoms with van der Waals surface area (Å²) in [7, 11) is 1.94. The van der Waals surface area contributed by atoms with Crippen LogP contribution in [0.15, 0.2) is 60.9 Å². The first-order chi connectivity index (χ1) is 12.1. The second kappa shape index (κ2) is 7.21. The Balaban J connectivity index is 1.86. The van der Waals surface area contributed by atoms with Crippen LogP contribution in [0.4, 0.5) is 28.7 Å². The molecule has 0 aliphatic heterocycles. The standard InChI is InChI=1S/C20H23N5/c1-14(2)15-9-11-16(12-10-15)24-19-18(21)20(23-13-22-19)25(3)17-7-5-4-6-8-17/h4-14H,21H2,1-3H3,(H,22,23,24). The molecule has 25 heavy (non-hydrogen) atoms. The molecule has 128 valence electrons. The van der Waals surface area contributed by atoms with Gasteiger partial charge < -0.3 is 16.0 Å². The average molecular weight is 333 g/mol. The minimum absolute atomic E-state index is 0.504. The van der Waals surface area contributed by atoms with Crippen LogP contribution in [0.1, 0.15) is 25.3 Å². The maximum absolute atomic E-state index is 6.32. The number of anilines is 5. The third kappa shape index (κ3) is 3.71. The Bertz CT molecular complexity index is 828. The van der Waals surface area contributed by atoms with Gasteiger partial charge >= 0.3 is 0 Å². The molecule has 3 aromatic rings. The van der Waals surface area contributed by atoms with E-state index in [0.29, 0.717) is 23.2 Å². The average Bonchev–Trinajstić information content (AvgIpc) is 2.64. The van der Waals surface area contributed by atoms with Gasteiger partial charge in [0.15, 0.2) is 11.6 Å². The van der Waals surface area contributed by atoms with E-state index >= 15 is 0 Å². The number of nitrogens with two attached hydrogens (primary N) is 1. The minimum atomic E-state index is 0.504. The molecule has 0 fully saturated rings. The second-order valence-electron chi connectivity index (χ2n) is 6.26. The molecule has 1 heterocycles. The van der Waals surface area contributed by atoms with E-state index in [2.05, 4.69) is 41.3 Å². The maximum Gasteiger partial charge on any atom is 0.161 e. The molecule has 3 rings (SSSR count). The third-order valence-electron chi connectivity index (χ3n) is 4.16. The van der Waals surface area contributed by atoms with E-state index in [-0.39, 0.29) is 0 Å². The van der Waals surface area contributed by atoms with Crippen LogP contribution in [-0.2, 0) is 0 Å². The monoisotopic (exact) mass is 333 g/mol. The van der Waals surface area contributed by atoms with Gasteiger partial charge in [-0.2, -0.15) is 0 Å². The van der Waals surface area contributed by atoms with Crippen LogP contribution in [0.5, 0.6) is 0 Å². The SMILES string of the molecule is CC(C)c1ccc(Nc2ncnc(N(C)c3ccccc3)c2N)cc1. The van der Waals surface area contributed by atoms with E-state index in [1.807, 2.05) is 54.4 Å². The molecule has 3 N–H and O–H groups in total. The zero-order valence-electron chi connectivity index (χ0n) is 14.8. The first-order valence-corrected chi connectivity index (χ1v) is 8.32. The first kappa shape index (κ1) is 16.8. The predicted molar refractivity (Wildman–Crippen MR) is 105 cm³/mol. The van der Waals surface area contributed by atoms with Crippen LogP contribution in [0.3, 0.4) is 0 Å². The molecule has 0 saturated heterocycles. The minimum Gasteiger partial charge on any atom is -0.393 e. The first-order valence-electron chi connectivity index (χ1n) is 8.32. The molecule has 2 aromatic carbocycles. The Morgan fingerprint density at radius 3 is 2.28 bits per heavy atom. The highest BCUT2D eigenvalue weighted by Gasteiger charge is 2.13. The van der Waals surface area contributed by atoms with Gasteiger partial charge in [0.05, 0.1) is 0 Å². The fourth-order valence-electron chi connectivity index (χ4n) is 2.62. The van der Waals surface area contributed by atoms with Crippen molar-refractivity contribution in [1.82, 2.24) is 9.97 Å². The Morgan fingerprint density at radius 1 is 0.960 bits per heavy atom. The summed E-state index contributed by atoms with van der Waals surface area (Å²) in [5.41, 5.74) is 10.1. The third-order valence-corrected chi connectivity index (χ3v) is 4.16. The van der Waals surface area contributed by atoms with E-state index in [0.717, 1.165) is 11.4 Å². The Labute approximate surface area is 148 Å². The molecular weight excluding hydrogens is 310 g/mol. The molecule has 0 unspecified atom stereocenters. The number of nitrogen functional groups attached to an aromatic ring is 1. The molecule has 1 aromatic heterocycles. The van der Waals surface area contributed by atoms with Crippen LogP contribution in [0.25, 0.3) is 0 Å². The van der Waals surface area contributed by atoms with Gasteiger partial charge in [0, 0.05) is 18.4 Å². The topological polar surface area (TPSA) is 67.1 Å². The van der Waals surface area contributed by atoms with Crippen molar-refractivity contribution in [3.05, 3.63) is 66.5 Å². The molecule has 5 heteroatoms. The molecule has 0 radical (unpaired) electrons. The number of nitrogens with zero attached hydrogens (tertiary/aromatic N) is 3. The Hall–Kier alpha value is -3.08. The number of hydrogen-bond donors (Lipinski definition) is 2. The van der Waals surface area contributed by atoms with Gasteiger partial charge in [0.25, 0.3) is 0 Å². The van der Waals surface area contributed by atoms with Gasteiger partial charge in [0.1, 0.15) is 12.0 Å². The lowest BCUT2D eigenvalue weighted by atomic mass is 10.0. The van der Waals surface area contributed by atoms with E-state index < -0.39 is 0 Å². The second-order valence-corrected chi connectivity index (χ2v) is 6.26. The lowest BCUT2D eigenvalue weighted by molar-refractivity contribution is 0.867. The molecule has 0 aliphatic carbocycles. The summed E-state index contributed by atoms with van der Waals surface area (Å²) in [5, 5.41) is 3.28. The quantitative estimate of drug-likeness (QED) is 0.709. The van der Waals surface area contributed by atoms with Crippen LogP contribution < -0.4 is 16.0 Å².